The molecule has 6 heteroatoms. The van der Waals surface area contributed by atoms with E-state index in [1.807, 2.05) is 0 Å². The molecule has 0 bridgehead atoms. The maximum absolute atomic E-state index is 11.6. The standard InChI is InChI=1S/C13H16N2O4/c1-3-18-12(16)10(13(17)19-4-2)9-15-11-7-5-6-8-14-11/h5-9H,3-4H2,1-2H3,(H,14,15). The number of rotatable bonds is 6. The second-order valence-electron chi connectivity index (χ2n) is 3.36. The average Bonchev–Trinajstić information content (AvgIpc) is 2.41. The van der Waals surface area contributed by atoms with Crippen LogP contribution in [0.2, 0.25) is 0 Å². The molecule has 0 aromatic carbocycles. The monoisotopic (exact) mass is 264 g/mol. The molecule has 19 heavy (non-hydrogen) atoms. The van der Waals surface area contributed by atoms with E-state index in [4.69, 9.17) is 9.47 Å². The first kappa shape index (κ1) is 14.7. The maximum Gasteiger partial charge on any atom is 0.347 e. The Morgan fingerprint density at radius 3 is 2.32 bits per heavy atom. The van der Waals surface area contributed by atoms with Crippen LogP contribution >= 0.6 is 0 Å². The zero-order valence-electron chi connectivity index (χ0n) is 10.9. The van der Waals surface area contributed by atoms with Crippen molar-refractivity contribution in [2.75, 3.05) is 18.5 Å². The first-order valence-electron chi connectivity index (χ1n) is 5.91. The van der Waals surface area contributed by atoms with E-state index in [0.29, 0.717) is 5.82 Å². The van der Waals surface area contributed by atoms with Crippen LogP contribution in [-0.2, 0) is 19.1 Å². The van der Waals surface area contributed by atoms with Crippen LogP contribution in [-0.4, -0.2) is 30.1 Å². The number of nitrogens with zero attached hydrogens (tertiary/aromatic N) is 1. The summed E-state index contributed by atoms with van der Waals surface area (Å²) in [5.74, 6) is -0.956. The van der Waals surface area contributed by atoms with E-state index in [1.165, 1.54) is 6.20 Å². The third-order valence-corrected chi connectivity index (χ3v) is 2.02. The summed E-state index contributed by atoms with van der Waals surface area (Å²) in [5, 5.41) is 2.75. The summed E-state index contributed by atoms with van der Waals surface area (Å²) in [7, 11) is 0. The van der Waals surface area contributed by atoms with E-state index in [0.717, 1.165) is 0 Å². The Hall–Kier alpha value is -2.37. The van der Waals surface area contributed by atoms with Crippen molar-refractivity contribution in [1.82, 2.24) is 4.98 Å². The molecule has 0 aliphatic carbocycles. The smallest absolute Gasteiger partial charge is 0.347 e. The van der Waals surface area contributed by atoms with Gasteiger partial charge in [0.05, 0.1) is 13.2 Å². The predicted octanol–water partition coefficient (Wildman–Crippen LogP) is 1.50. The fourth-order valence-electron chi connectivity index (χ4n) is 1.21. The van der Waals surface area contributed by atoms with Gasteiger partial charge in [-0.2, -0.15) is 0 Å². The number of anilines is 1. The highest BCUT2D eigenvalue weighted by atomic mass is 16.6. The highest BCUT2D eigenvalue weighted by Gasteiger charge is 2.20. The van der Waals surface area contributed by atoms with E-state index >= 15 is 0 Å². The van der Waals surface area contributed by atoms with Gasteiger partial charge in [0.25, 0.3) is 0 Å². The first-order valence-corrected chi connectivity index (χ1v) is 5.91. The zero-order valence-corrected chi connectivity index (χ0v) is 10.9. The van der Waals surface area contributed by atoms with Crippen LogP contribution in [0.1, 0.15) is 13.8 Å². The lowest BCUT2D eigenvalue weighted by Crippen LogP contribution is -2.19. The Kier molecular flexibility index (Phi) is 6.08. The Bertz CT molecular complexity index is 437. The molecule has 0 saturated heterocycles. The molecule has 0 radical (unpaired) electrons. The number of pyridine rings is 1. The van der Waals surface area contributed by atoms with Gasteiger partial charge in [-0.05, 0) is 26.0 Å². The van der Waals surface area contributed by atoms with Gasteiger partial charge in [-0.1, -0.05) is 6.07 Å². The van der Waals surface area contributed by atoms with Crippen molar-refractivity contribution in [2.24, 2.45) is 0 Å². The molecule has 0 fully saturated rings. The molecule has 0 atom stereocenters. The molecule has 6 nitrogen and oxygen atoms in total. The summed E-state index contributed by atoms with van der Waals surface area (Å²) in [5.41, 5.74) is -0.200. The normalized spacial score (nSPS) is 9.37. The van der Waals surface area contributed by atoms with Crippen molar-refractivity contribution < 1.29 is 19.1 Å². The molecule has 1 aromatic rings. The second kappa shape index (κ2) is 7.86. The van der Waals surface area contributed by atoms with Crippen LogP contribution in [0.4, 0.5) is 5.82 Å². The second-order valence-corrected chi connectivity index (χ2v) is 3.36. The quantitative estimate of drug-likeness (QED) is 0.363. The van der Waals surface area contributed by atoms with Gasteiger partial charge < -0.3 is 14.8 Å². The number of ether oxygens (including phenoxy) is 2. The number of nitrogens with one attached hydrogen (secondary N) is 1. The fourth-order valence-corrected chi connectivity index (χ4v) is 1.21. The van der Waals surface area contributed by atoms with Gasteiger partial charge >= 0.3 is 11.9 Å². The minimum Gasteiger partial charge on any atom is -0.462 e. The topological polar surface area (TPSA) is 77.5 Å². The molecule has 0 amide bonds. The molecule has 0 saturated carbocycles. The third-order valence-electron chi connectivity index (χ3n) is 2.02. The van der Waals surface area contributed by atoms with Crippen LogP contribution in [0.25, 0.3) is 0 Å². The first-order chi connectivity index (χ1) is 9.19. The Morgan fingerprint density at radius 2 is 1.84 bits per heavy atom. The van der Waals surface area contributed by atoms with Crippen molar-refractivity contribution >= 4 is 17.8 Å². The number of esters is 2. The lowest BCUT2D eigenvalue weighted by molar-refractivity contribution is -0.146. The van der Waals surface area contributed by atoms with Crippen molar-refractivity contribution in [1.29, 1.82) is 0 Å². The van der Waals surface area contributed by atoms with E-state index in [1.54, 1.807) is 38.2 Å². The fraction of sp³-hybridized carbons (Fsp3) is 0.308. The maximum atomic E-state index is 11.6. The number of aromatic nitrogens is 1. The van der Waals surface area contributed by atoms with Gasteiger partial charge in [-0.3, -0.25) is 0 Å². The molecule has 1 aromatic heterocycles. The van der Waals surface area contributed by atoms with Crippen LogP contribution in [0.15, 0.2) is 36.2 Å². The minimum absolute atomic E-state index is 0.180. The largest absolute Gasteiger partial charge is 0.462 e. The van der Waals surface area contributed by atoms with E-state index in [2.05, 4.69) is 10.3 Å². The summed E-state index contributed by atoms with van der Waals surface area (Å²) >= 11 is 0. The molecule has 0 aliphatic rings. The molecular formula is C13H16N2O4. The van der Waals surface area contributed by atoms with Gasteiger partial charge in [0.2, 0.25) is 0 Å². The summed E-state index contributed by atoms with van der Waals surface area (Å²) in [6.45, 7) is 3.68. The zero-order chi connectivity index (χ0) is 14.1. The van der Waals surface area contributed by atoms with Crippen molar-refractivity contribution in [2.45, 2.75) is 13.8 Å². The van der Waals surface area contributed by atoms with Crippen LogP contribution in [0, 0.1) is 0 Å². The Labute approximate surface area is 111 Å². The summed E-state index contributed by atoms with van der Waals surface area (Å²) in [6, 6.07) is 5.23. The number of hydrogen-bond acceptors (Lipinski definition) is 6. The average molecular weight is 264 g/mol. The molecule has 0 unspecified atom stereocenters. The molecule has 102 valence electrons. The van der Waals surface area contributed by atoms with Gasteiger partial charge in [-0.15, -0.1) is 0 Å². The van der Waals surface area contributed by atoms with Crippen molar-refractivity contribution in [3.8, 4) is 0 Å². The van der Waals surface area contributed by atoms with Crippen molar-refractivity contribution in [3.05, 3.63) is 36.2 Å². The lowest BCUT2D eigenvalue weighted by atomic mass is 10.3. The molecule has 1 heterocycles. The molecule has 0 aliphatic heterocycles. The Balaban J connectivity index is 2.83. The van der Waals surface area contributed by atoms with Gasteiger partial charge in [0.15, 0.2) is 5.57 Å². The highest BCUT2D eigenvalue weighted by Crippen LogP contribution is 2.05. The van der Waals surface area contributed by atoms with Gasteiger partial charge in [-0.25, -0.2) is 14.6 Å². The Morgan fingerprint density at radius 1 is 1.21 bits per heavy atom. The van der Waals surface area contributed by atoms with Gasteiger partial charge in [0.1, 0.15) is 5.82 Å². The third kappa shape index (κ3) is 4.79. The van der Waals surface area contributed by atoms with E-state index in [9.17, 15) is 9.59 Å². The molecule has 1 N–H and O–H groups in total. The number of carbonyl (C=O) groups excluding carboxylic acids is 2. The number of hydrogen-bond donors (Lipinski definition) is 1. The SMILES string of the molecule is CCOC(=O)C(=CNc1ccccn1)C(=O)OCC. The van der Waals surface area contributed by atoms with Crippen LogP contribution < -0.4 is 5.32 Å². The minimum atomic E-state index is -0.732. The number of carbonyl (C=O) groups is 2. The van der Waals surface area contributed by atoms with E-state index in [-0.39, 0.29) is 18.8 Å². The van der Waals surface area contributed by atoms with Crippen molar-refractivity contribution in [3.63, 3.8) is 0 Å². The summed E-state index contributed by atoms with van der Waals surface area (Å²) in [4.78, 5) is 27.3. The molecule has 0 spiro atoms. The lowest BCUT2D eigenvalue weighted by Gasteiger charge is -2.07. The summed E-state index contributed by atoms with van der Waals surface area (Å²) < 4.78 is 9.58. The highest BCUT2D eigenvalue weighted by molar-refractivity contribution is 6.14. The predicted molar refractivity (Wildman–Crippen MR) is 69.2 cm³/mol. The summed E-state index contributed by atoms with van der Waals surface area (Å²) in [6.07, 6.45) is 2.82. The molecular weight excluding hydrogens is 248 g/mol. The van der Waals surface area contributed by atoms with Gasteiger partial charge in [0, 0.05) is 12.4 Å². The molecule has 1 rings (SSSR count). The van der Waals surface area contributed by atoms with E-state index < -0.39 is 11.9 Å². The van der Waals surface area contributed by atoms with Crippen LogP contribution in [0.5, 0.6) is 0 Å². The van der Waals surface area contributed by atoms with Crippen LogP contribution in [0.3, 0.4) is 0 Å².